The molecule has 0 saturated carbocycles. The lowest BCUT2D eigenvalue weighted by Crippen LogP contribution is -2.47. The van der Waals surface area contributed by atoms with Crippen LogP contribution < -0.4 is 14.5 Å². The fourth-order valence-electron chi connectivity index (χ4n) is 8.46. The van der Waals surface area contributed by atoms with Crippen LogP contribution in [0.2, 0.25) is 10.0 Å². The molecule has 0 atom stereocenters. The summed E-state index contributed by atoms with van der Waals surface area (Å²) in [5.41, 5.74) is 6.35. The number of nitrogens with zero attached hydrogens (tertiary/aromatic N) is 6. The average molecular weight is 828 g/mol. The Hall–Kier alpha value is -3.97. The van der Waals surface area contributed by atoms with Crippen LogP contribution in [0, 0.1) is 0 Å². The molecule has 0 amide bonds. The molecule has 0 spiro atoms. The van der Waals surface area contributed by atoms with Crippen LogP contribution in [0.3, 0.4) is 0 Å². The second kappa shape index (κ2) is 18.7. The Morgan fingerprint density at radius 2 is 1.07 bits per heavy atom. The van der Waals surface area contributed by atoms with E-state index in [9.17, 15) is 22.8 Å². The summed E-state index contributed by atoms with van der Waals surface area (Å²) in [4.78, 5) is 33.4. The van der Waals surface area contributed by atoms with Gasteiger partial charge < -0.3 is 23.7 Å². The first-order valence-corrected chi connectivity index (χ1v) is 20.9. The number of rotatable bonds is 11. The van der Waals surface area contributed by atoms with Crippen molar-refractivity contribution >= 4 is 46.1 Å². The molecule has 306 valence electrons. The summed E-state index contributed by atoms with van der Waals surface area (Å²) in [5, 5.41) is 1.21. The van der Waals surface area contributed by atoms with E-state index in [2.05, 4.69) is 45.9 Å². The van der Waals surface area contributed by atoms with Gasteiger partial charge in [0, 0.05) is 131 Å². The molecule has 0 unspecified atom stereocenters. The third-order valence-electron chi connectivity index (χ3n) is 11.6. The number of halogens is 5. The van der Waals surface area contributed by atoms with Gasteiger partial charge in [0.15, 0.2) is 11.6 Å². The van der Waals surface area contributed by atoms with Crippen molar-refractivity contribution in [3.8, 4) is 5.75 Å². The lowest BCUT2D eigenvalue weighted by Gasteiger charge is -2.36. The summed E-state index contributed by atoms with van der Waals surface area (Å²) in [6.07, 6.45) is 7.00. The Morgan fingerprint density at radius 3 is 1.63 bits per heavy atom. The van der Waals surface area contributed by atoms with Crippen LogP contribution in [0.5, 0.6) is 5.75 Å². The zero-order valence-corrected chi connectivity index (χ0v) is 33.8. The molecule has 57 heavy (non-hydrogen) atoms. The Morgan fingerprint density at radius 1 is 0.561 bits per heavy atom. The van der Waals surface area contributed by atoms with E-state index in [0.29, 0.717) is 28.7 Å². The molecule has 2 saturated heterocycles. The summed E-state index contributed by atoms with van der Waals surface area (Å²) in [6, 6.07) is 15.9. The van der Waals surface area contributed by atoms with Crippen LogP contribution in [0.15, 0.2) is 67.0 Å². The minimum Gasteiger partial charge on any atom is -0.406 e. The molecule has 14 heteroatoms. The maximum atomic E-state index is 12.3. The summed E-state index contributed by atoms with van der Waals surface area (Å²) in [5.74, 6) is 0.392. The molecule has 0 radical (unpaired) electrons. The second-order valence-corrected chi connectivity index (χ2v) is 16.1. The van der Waals surface area contributed by atoms with Gasteiger partial charge in [0.2, 0.25) is 0 Å². The van der Waals surface area contributed by atoms with E-state index in [-0.39, 0.29) is 11.5 Å². The SMILES string of the molecule is O=C1CCCc2c1ccn2CCCCN1CCN(c2ccc(OC(F)(F)F)cc2)CC1.O=C1CCCc2c1ccn2CCN1CCN(c2ccc(Cl)c(Cl)c2)CC1. The van der Waals surface area contributed by atoms with Crippen LogP contribution in [0.4, 0.5) is 24.5 Å². The van der Waals surface area contributed by atoms with Crippen LogP contribution in [0.1, 0.15) is 70.6 Å². The Bertz CT molecular complexity index is 1980. The first kappa shape index (κ1) is 41.2. The van der Waals surface area contributed by atoms with E-state index in [0.717, 1.165) is 140 Å². The number of carbonyl (C=O) groups is 2. The van der Waals surface area contributed by atoms with Gasteiger partial charge in [-0.3, -0.25) is 19.4 Å². The number of hydrogen-bond acceptors (Lipinski definition) is 7. The van der Waals surface area contributed by atoms with Crippen molar-refractivity contribution in [3.05, 3.63) is 99.6 Å². The third-order valence-corrected chi connectivity index (χ3v) is 12.4. The zero-order chi connectivity index (χ0) is 39.9. The van der Waals surface area contributed by atoms with Gasteiger partial charge in [0.05, 0.1) is 10.0 Å². The number of hydrogen-bond donors (Lipinski definition) is 0. The molecule has 2 fully saturated rings. The number of unbranched alkanes of at least 4 members (excludes halogenated alkanes) is 1. The minimum absolute atomic E-state index is 0.191. The van der Waals surface area contributed by atoms with Crippen molar-refractivity contribution in [3.63, 3.8) is 0 Å². The molecule has 2 aliphatic carbocycles. The molecule has 4 aliphatic rings. The van der Waals surface area contributed by atoms with Crippen LogP contribution in [-0.2, 0) is 25.9 Å². The number of fused-ring (bicyclic) bond motifs is 2. The van der Waals surface area contributed by atoms with E-state index in [4.69, 9.17) is 23.2 Å². The summed E-state index contributed by atoms with van der Waals surface area (Å²) in [7, 11) is 0. The monoisotopic (exact) mass is 826 g/mol. The molecule has 0 N–H and O–H groups in total. The molecule has 4 aromatic rings. The van der Waals surface area contributed by atoms with Crippen molar-refractivity contribution < 1.29 is 27.5 Å². The highest BCUT2D eigenvalue weighted by atomic mass is 35.5. The number of anilines is 2. The number of ketones is 2. The fourth-order valence-corrected chi connectivity index (χ4v) is 8.75. The highest BCUT2D eigenvalue weighted by Crippen LogP contribution is 2.29. The molecule has 8 rings (SSSR count). The number of aryl methyl sites for hydroxylation is 1. The lowest BCUT2D eigenvalue weighted by molar-refractivity contribution is -0.274. The number of ether oxygens (including phenoxy) is 1. The predicted octanol–water partition coefficient (Wildman–Crippen LogP) is 8.64. The van der Waals surface area contributed by atoms with Gasteiger partial charge in [-0.25, -0.2) is 0 Å². The van der Waals surface area contributed by atoms with Gasteiger partial charge in [-0.2, -0.15) is 0 Å². The normalized spacial score (nSPS) is 17.9. The van der Waals surface area contributed by atoms with Crippen LogP contribution >= 0.6 is 23.2 Å². The average Bonchev–Trinajstić information content (AvgIpc) is 3.83. The van der Waals surface area contributed by atoms with Gasteiger partial charge >= 0.3 is 6.36 Å². The maximum Gasteiger partial charge on any atom is 0.573 e. The Balaban J connectivity index is 0.000000177. The van der Waals surface area contributed by atoms with Crippen molar-refractivity contribution in [2.24, 2.45) is 0 Å². The van der Waals surface area contributed by atoms with Gasteiger partial charge in [-0.05, 0) is 99.7 Å². The maximum absolute atomic E-state index is 12.3. The molecule has 0 bridgehead atoms. The Labute approximate surface area is 342 Å². The standard InChI is InChI=1S/C23H28F3N3O2.C20H23Cl2N3O/c24-23(25,26)31-19-8-6-18(7-9-19)28-16-14-27(15-17-28)11-1-2-12-29-13-10-20-21(29)4-3-5-22(20)30;21-17-5-4-15(14-18(17)22)24-11-8-23(9-12-24)10-13-25-7-6-16-19(25)2-1-3-20(16)26/h6-10,13H,1-5,11-12,14-17H2;4-7,14H,1-3,8-13H2. The van der Waals surface area contributed by atoms with E-state index < -0.39 is 6.36 Å². The molecule has 2 aromatic carbocycles. The smallest absolute Gasteiger partial charge is 0.406 e. The fraction of sp³-hybridized carbons (Fsp3) is 0.488. The molecule has 9 nitrogen and oxygen atoms in total. The highest BCUT2D eigenvalue weighted by molar-refractivity contribution is 6.42. The minimum atomic E-state index is -4.66. The number of benzene rings is 2. The van der Waals surface area contributed by atoms with Crippen LogP contribution in [0.25, 0.3) is 0 Å². The van der Waals surface area contributed by atoms with Gasteiger partial charge in [0.1, 0.15) is 5.75 Å². The number of piperazine rings is 2. The van der Waals surface area contributed by atoms with Crippen LogP contribution in [-0.4, -0.2) is 102 Å². The van der Waals surface area contributed by atoms with E-state index in [1.54, 1.807) is 12.1 Å². The van der Waals surface area contributed by atoms with Gasteiger partial charge in [-0.1, -0.05) is 23.2 Å². The quantitative estimate of drug-likeness (QED) is 0.140. The molecule has 4 heterocycles. The third kappa shape index (κ3) is 10.8. The second-order valence-electron chi connectivity index (χ2n) is 15.3. The first-order valence-electron chi connectivity index (χ1n) is 20.2. The number of carbonyl (C=O) groups excluding carboxylic acids is 2. The number of aromatic nitrogens is 2. The van der Waals surface area contributed by atoms with E-state index >= 15 is 0 Å². The number of Topliss-reactive ketones (excluding diaryl/α,β-unsaturated/α-hetero) is 2. The largest absolute Gasteiger partial charge is 0.573 e. The number of alkyl halides is 3. The van der Waals surface area contributed by atoms with Crippen molar-refractivity contribution in [1.29, 1.82) is 0 Å². The molecule has 2 aromatic heterocycles. The Kier molecular flexibility index (Phi) is 13.5. The predicted molar refractivity (Wildman–Crippen MR) is 220 cm³/mol. The first-order chi connectivity index (χ1) is 27.5. The summed E-state index contributed by atoms with van der Waals surface area (Å²) in [6.45, 7) is 11.6. The summed E-state index contributed by atoms with van der Waals surface area (Å²) < 4.78 is 45.3. The van der Waals surface area contributed by atoms with Gasteiger partial charge in [-0.15, -0.1) is 13.2 Å². The van der Waals surface area contributed by atoms with E-state index in [1.165, 1.54) is 23.5 Å². The zero-order valence-electron chi connectivity index (χ0n) is 32.3. The van der Waals surface area contributed by atoms with Crippen molar-refractivity contribution in [2.75, 3.05) is 75.2 Å². The van der Waals surface area contributed by atoms with E-state index in [1.807, 2.05) is 30.3 Å². The van der Waals surface area contributed by atoms with Gasteiger partial charge in [0.25, 0.3) is 0 Å². The molecular weight excluding hydrogens is 776 g/mol. The molecule has 2 aliphatic heterocycles. The highest BCUT2D eigenvalue weighted by Gasteiger charge is 2.31. The topological polar surface area (TPSA) is 66.2 Å². The lowest BCUT2D eigenvalue weighted by atomic mass is 9.97. The van der Waals surface area contributed by atoms with Crippen molar-refractivity contribution in [1.82, 2.24) is 18.9 Å². The van der Waals surface area contributed by atoms with Crippen molar-refractivity contribution in [2.45, 2.75) is 70.8 Å². The molecular formula is C43H51Cl2F3N6O3. The summed E-state index contributed by atoms with van der Waals surface area (Å²) >= 11 is 12.2.